The van der Waals surface area contributed by atoms with Gasteiger partial charge in [-0.2, -0.15) is 0 Å². The van der Waals surface area contributed by atoms with Gasteiger partial charge in [-0.15, -0.1) is 10.2 Å². The largest absolute Gasteiger partial charge is 0.486 e. The maximum atomic E-state index is 12.5. The van der Waals surface area contributed by atoms with E-state index in [9.17, 15) is 9.59 Å². The lowest BCUT2D eigenvalue weighted by atomic mass is 10.1. The molecule has 1 aromatic carbocycles. The van der Waals surface area contributed by atoms with E-state index in [-0.39, 0.29) is 30.8 Å². The topological polar surface area (TPSA) is 84.4 Å². The van der Waals surface area contributed by atoms with E-state index in [1.165, 1.54) is 11.3 Å². The normalized spacial score (nSPS) is 20.0. The first-order valence-electron chi connectivity index (χ1n) is 9.39. The van der Waals surface area contributed by atoms with Crippen LogP contribution in [0, 0.1) is 5.92 Å². The van der Waals surface area contributed by atoms with Gasteiger partial charge in [0.25, 0.3) is 0 Å². The average Bonchev–Trinajstić information content (AvgIpc) is 3.42. The molecule has 1 atom stereocenters. The summed E-state index contributed by atoms with van der Waals surface area (Å²) in [4.78, 5) is 26.7. The molecule has 0 bridgehead atoms. The molecule has 1 aliphatic heterocycles. The van der Waals surface area contributed by atoms with Crippen LogP contribution in [-0.2, 0) is 16.2 Å². The number of halogens is 1. The van der Waals surface area contributed by atoms with E-state index in [1.54, 1.807) is 24.3 Å². The second-order valence-electron chi connectivity index (χ2n) is 7.12. The summed E-state index contributed by atoms with van der Waals surface area (Å²) in [6, 6.07) is 7.36. The van der Waals surface area contributed by atoms with E-state index in [0.717, 1.165) is 25.7 Å². The molecule has 1 aliphatic carbocycles. The van der Waals surface area contributed by atoms with Crippen LogP contribution in [0.4, 0.5) is 5.13 Å². The minimum absolute atomic E-state index is 0.0846. The molecule has 2 amide bonds. The summed E-state index contributed by atoms with van der Waals surface area (Å²) < 4.78 is 5.64. The molecule has 1 N–H and O–H groups in total. The predicted octanol–water partition coefficient (Wildman–Crippen LogP) is 3.50. The number of aromatic nitrogens is 2. The van der Waals surface area contributed by atoms with Crippen LogP contribution < -0.4 is 10.1 Å². The maximum absolute atomic E-state index is 12.5. The Morgan fingerprint density at radius 2 is 2.00 bits per heavy atom. The van der Waals surface area contributed by atoms with Gasteiger partial charge in [0.05, 0.1) is 5.92 Å². The number of rotatable bonds is 6. The number of hydrogen-bond acceptors (Lipinski definition) is 6. The summed E-state index contributed by atoms with van der Waals surface area (Å²) in [5.74, 6) is 0.268. The Morgan fingerprint density at radius 1 is 1.25 bits per heavy atom. The highest BCUT2D eigenvalue weighted by atomic mass is 35.5. The lowest BCUT2D eigenvalue weighted by Gasteiger charge is -2.23. The molecular weight excluding hydrogens is 400 g/mol. The standard InChI is InChI=1S/C19H21ClN4O3S/c20-13-5-7-15(8-6-13)27-11-16-22-23-19(28-16)21-18(26)12-9-17(25)24(10-12)14-3-1-2-4-14/h5-8,12,14H,1-4,9-11H2,(H,21,23,26)/t12-/m1/s1. The molecule has 1 saturated heterocycles. The molecular formula is C19H21ClN4O3S. The fourth-order valence-corrected chi connectivity index (χ4v) is 4.50. The van der Waals surface area contributed by atoms with E-state index in [0.29, 0.717) is 33.5 Å². The molecule has 2 aliphatic rings. The van der Waals surface area contributed by atoms with Gasteiger partial charge >= 0.3 is 0 Å². The zero-order chi connectivity index (χ0) is 19.5. The maximum Gasteiger partial charge on any atom is 0.231 e. The summed E-state index contributed by atoms with van der Waals surface area (Å²) in [5.41, 5.74) is 0. The van der Waals surface area contributed by atoms with Crippen molar-refractivity contribution >= 4 is 39.9 Å². The Morgan fingerprint density at radius 3 is 2.75 bits per heavy atom. The monoisotopic (exact) mass is 420 g/mol. The molecule has 4 rings (SSSR count). The molecule has 9 heteroatoms. The highest BCUT2D eigenvalue weighted by Gasteiger charge is 2.38. The fourth-order valence-electron chi connectivity index (χ4n) is 3.72. The van der Waals surface area contributed by atoms with Crippen LogP contribution in [0.25, 0.3) is 0 Å². The van der Waals surface area contributed by atoms with Gasteiger partial charge < -0.3 is 15.0 Å². The van der Waals surface area contributed by atoms with Crippen LogP contribution in [0.1, 0.15) is 37.1 Å². The number of carbonyl (C=O) groups is 2. The lowest BCUT2D eigenvalue weighted by Crippen LogP contribution is -2.35. The Bertz CT molecular complexity index is 851. The number of hydrogen-bond donors (Lipinski definition) is 1. The Hall–Kier alpha value is -2.19. The quantitative estimate of drug-likeness (QED) is 0.773. The van der Waals surface area contributed by atoms with Crippen LogP contribution in [0.15, 0.2) is 24.3 Å². The van der Waals surface area contributed by atoms with Gasteiger partial charge in [0, 0.05) is 24.0 Å². The summed E-state index contributed by atoms with van der Waals surface area (Å²) in [7, 11) is 0. The highest BCUT2D eigenvalue weighted by molar-refractivity contribution is 7.15. The minimum Gasteiger partial charge on any atom is -0.486 e. The number of benzene rings is 1. The number of amides is 2. The summed E-state index contributed by atoms with van der Waals surface area (Å²) in [6.45, 7) is 0.757. The van der Waals surface area contributed by atoms with Gasteiger partial charge in [-0.25, -0.2) is 0 Å². The Kier molecular flexibility index (Phi) is 5.77. The summed E-state index contributed by atoms with van der Waals surface area (Å²) >= 11 is 7.11. The van der Waals surface area contributed by atoms with Crippen molar-refractivity contribution in [2.45, 2.75) is 44.8 Å². The van der Waals surface area contributed by atoms with Crippen LogP contribution in [-0.4, -0.2) is 39.5 Å². The number of nitrogens with one attached hydrogen (secondary N) is 1. The first-order valence-corrected chi connectivity index (χ1v) is 10.6. The Balaban J connectivity index is 1.29. The lowest BCUT2D eigenvalue weighted by molar-refractivity contribution is -0.129. The third-order valence-electron chi connectivity index (χ3n) is 5.17. The van der Waals surface area contributed by atoms with Crippen molar-refractivity contribution in [2.75, 3.05) is 11.9 Å². The molecule has 2 fully saturated rings. The number of ether oxygens (including phenoxy) is 1. The van der Waals surface area contributed by atoms with Crippen LogP contribution >= 0.6 is 22.9 Å². The second kappa shape index (κ2) is 8.45. The molecule has 1 saturated carbocycles. The van der Waals surface area contributed by atoms with Gasteiger partial charge in [0.1, 0.15) is 12.4 Å². The fraction of sp³-hybridized carbons (Fsp3) is 0.474. The highest BCUT2D eigenvalue weighted by Crippen LogP contribution is 2.30. The van der Waals surface area contributed by atoms with Crippen molar-refractivity contribution in [3.05, 3.63) is 34.3 Å². The first kappa shape index (κ1) is 19.1. The van der Waals surface area contributed by atoms with Gasteiger partial charge in [0.15, 0.2) is 5.01 Å². The van der Waals surface area contributed by atoms with Crippen LogP contribution in [0.5, 0.6) is 5.75 Å². The number of nitrogens with zero attached hydrogens (tertiary/aromatic N) is 3. The predicted molar refractivity (Wildman–Crippen MR) is 106 cm³/mol. The molecule has 1 aromatic heterocycles. The smallest absolute Gasteiger partial charge is 0.231 e. The zero-order valence-electron chi connectivity index (χ0n) is 15.3. The van der Waals surface area contributed by atoms with Crippen LogP contribution in [0.3, 0.4) is 0 Å². The van der Waals surface area contributed by atoms with E-state index in [1.807, 2.05) is 4.90 Å². The molecule has 28 heavy (non-hydrogen) atoms. The van der Waals surface area contributed by atoms with Crippen molar-refractivity contribution in [3.8, 4) is 5.75 Å². The van der Waals surface area contributed by atoms with Crippen molar-refractivity contribution in [1.29, 1.82) is 0 Å². The third-order valence-corrected chi connectivity index (χ3v) is 6.23. The number of carbonyl (C=O) groups excluding carboxylic acids is 2. The van der Waals surface area contributed by atoms with Crippen molar-refractivity contribution in [3.63, 3.8) is 0 Å². The summed E-state index contributed by atoms with van der Waals surface area (Å²) in [5, 5.41) is 12.6. The van der Waals surface area contributed by atoms with Crippen molar-refractivity contribution < 1.29 is 14.3 Å². The average molecular weight is 421 g/mol. The zero-order valence-corrected chi connectivity index (χ0v) is 16.8. The molecule has 7 nitrogen and oxygen atoms in total. The first-order chi connectivity index (χ1) is 13.6. The molecule has 0 radical (unpaired) electrons. The van der Waals surface area contributed by atoms with Gasteiger partial charge in [-0.05, 0) is 37.1 Å². The van der Waals surface area contributed by atoms with Gasteiger partial charge in [-0.1, -0.05) is 35.8 Å². The molecule has 148 valence electrons. The molecule has 0 spiro atoms. The van der Waals surface area contributed by atoms with E-state index >= 15 is 0 Å². The van der Waals surface area contributed by atoms with E-state index in [2.05, 4.69) is 15.5 Å². The van der Waals surface area contributed by atoms with E-state index in [4.69, 9.17) is 16.3 Å². The van der Waals surface area contributed by atoms with Crippen molar-refractivity contribution in [2.24, 2.45) is 5.92 Å². The molecule has 2 heterocycles. The SMILES string of the molecule is O=C(Nc1nnc(COc2ccc(Cl)cc2)s1)[C@@H]1CC(=O)N(C2CCCC2)C1. The number of likely N-dealkylation sites (tertiary alicyclic amines) is 1. The summed E-state index contributed by atoms with van der Waals surface area (Å²) in [6.07, 6.45) is 4.70. The van der Waals surface area contributed by atoms with E-state index < -0.39 is 0 Å². The van der Waals surface area contributed by atoms with Crippen molar-refractivity contribution in [1.82, 2.24) is 15.1 Å². The van der Waals surface area contributed by atoms with Crippen LogP contribution in [0.2, 0.25) is 5.02 Å². The molecule has 2 aromatic rings. The third kappa shape index (κ3) is 4.44. The Labute approximate surface area is 172 Å². The van der Waals surface area contributed by atoms with Gasteiger partial charge in [0.2, 0.25) is 16.9 Å². The number of anilines is 1. The van der Waals surface area contributed by atoms with Gasteiger partial charge in [-0.3, -0.25) is 9.59 Å². The second-order valence-corrected chi connectivity index (χ2v) is 8.62. The molecule has 0 unspecified atom stereocenters. The minimum atomic E-state index is -0.328.